The van der Waals surface area contributed by atoms with Crippen molar-refractivity contribution in [3.8, 4) is 11.1 Å². The van der Waals surface area contributed by atoms with Crippen molar-refractivity contribution in [3.05, 3.63) is 72.1 Å². The molecule has 29 heavy (non-hydrogen) atoms. The molecule has 1 fully saturated rings. The van der Waals surface area contributed by atoms with Crippen molar-refractivity contribution in [3.63, 3.8) is 0 Å². The summed E-state index contributed by atoms with van der Waals surface area (Å²) in [7, 11) is 0. The van der Waals surface area contributed by atoms with E-state index in [2.05, 4.69) is 25.6 Å². The molecule has 0 radical (unpaired) electrons. The van der Waals surface area contributed by atoms with Gasteiger partial charge in [0.25, 0.3) is 11.8 Å². The zero-order chi connectivity index (χ0) is 20.4. The van der Waals surface area contributed by atoms with Gasteiger partial charge in [-0.2, -0.15) is 4.39 Å². The molecule has 3 aromatic rings. The van der Waals surface area contributed by atoms with Gasteiger partial charge >= 0.3 is 0 Å². The van der Waals surface area contributed by atoms with Gasteiger partial charge in [0, 0.05) is 41.3 Å². The molecule has 1 aliphatic carbocycles. The molecule has 4 rings (SSSR count). The van der Waals surface area contributed by atoms with Crippen LogP contribution >= 0.6 is 0 Å². The number of amides is 2. The number of nitrogens with zero attached hydrogens (tertiary/aromatic N) is 3. The minimum atomic E-state index is -1.22. The van der Waals surface area contributed by atoms with E-state index in [0.29, 0.717) is 0 Å². The van der Waals surface area contributed by atoms with Gasteiger partial charge in [-0.05, 0) is 37.1 Å². The van der Waals surface area contributed by atoms with E-state index in [4.69, 9.17) is 0 Å². The minimum absolute atomic E-state index is 0.0240. The molecule has 0 bridgehead atoms. The number of halogens is 2. The molecular formula is C20H15F2N5O2. The SMILES string of the molecule is O=C(Nc1cncc(-c2ccnc(F)c2F)c1)c1ccnc(C(=O)NC2CC2)c1. The Bertz CT molecular complexity index is 1100. The number of pyridine rings is 3. The summed E-state index contributed by atoms with van der Waals surface area (Å²) in [5, 5.41) is 5.44. The monoisotopic (exact) mass is 395 g/mol. The van der Waals surface area contributed by atoms with E-state index in [0.717, 1.165) is 19.0 Å². The molecule has 2 amide bonds. The number of anilines is 1. The maximum atomic E-state index is 14.0. The third-order valence-electron chi connectivity index (χ3n) is 4.32. The highest BCUT2D eigenvalue weighted by Crippen LogP contribution is 2.25. The van der Waals surface area contributed by atoms with E-state index >= 15 is 0 Å². The normalized spacial score (nSPS) is 13.0. The summed E-state index contributed by atoms with van der Waals surface area (Å²) in [4.78, 5) is 35.9. The molecule has 0 saturated heterocycles. The zero-order valence-electron chi connectivity index (χ0n) is 15.0. The Balaban J connectivity index is 1.53. The maximum absolute atomic E-state index is 14.0. The van der Waals surface area contributed by atoms with Crippen LogP contribution < -0.4 is 10.6 Å². The van der Waals surface area contributed by atoms with Crippen LogP contribution in [-0.4, -0.2) is 32.8 Å². The van der Waals surface area contributed by atoms with Crippen LogP contribution in [0.3, 0.4) is 0 Å². The molecular weight excluding hydrogens is 380 g/mol. The molecule has 146 valence electrons. The lowest BCUT2D eigenvalue weighted by Crippen LogP contribution is -2.26. The first kappa shape index (κ1) is 18.6. The second kappa shape index (κ2) is 7.70. The predicted octanol–water partition coefficient (Wildman–Crippen LogP) is 2.96. The van der Waals surface area contributed by atoms with Crippen molar-refractivity contribution in [2.24, 2.45) is 0 Å². The molecule has 7 nitrogen and oxygen atoms in total. The summed E-state index contributed by atoms with van der Waals surface area (Å²) in [5.41, 5.74) is 0.910. The largest absolute Gasteiger partial charge is 0.348 e. The summed E-state index contributed by atoms with van der Waals surface area (Å²) < 4.78 is 27.3. The number of aromatic nitrogens is 3. The quantitative estimate of drug-likeness (QED) is 0.648. The van der Waals surface area contributed by atoms with Gasteiger partial charge in [-0.15, -0.1) is 0 Å². The number of nitrogens with one attached hydrogen (secondary N) is 2. The van der Waals surface area contributed by atoms with Crippen LogP contribution in [0.5, 0.6) is 0 Å². The highest BCUT2D eigenvalue weighted by atomic mass is 19.2. The van der Waals surface area contributed by atoms with E-state index in [1.807, 2.05) is 0 Å². The zero-order valence-corrected chi connectivity index (χ0v) is 15.0. The van der Waals surface area contributed by atoms with Gasteiger partial charge in [-0.25, -0.2) is 9.37 Å². The number of rotatable bonds is 5. The standard InChI is InChI=1S/C20H15F2N5O2/c21-17-15(4-6-25-18(17)22)12-7-14(10-23-9-12)27-19(28)11-3-5-24-16(8-11)20(29)26-13-1-2-13/h3-10,13H,1-2H2,(H,26,29)(H,27,28). The molecule has 0 aliphatic heterocycles. The summed E-state index contributed by atoms with van der Waals surface area (Å²) in [6, 6.07) is 5.81. The van der Waals surface area contributed by atoms with Crippen LogP contribution in [0.4, 0.5) is 14.5 Å². The topological polar surface area (TPSA) is 96.9 Å². The van der Waals surface area contributed by atoms with Gasteiger partial charge in [-0.1, -0.05) is 0 Å². The molecule has 2 N–H and O–H groups in total. The maximum Gasteiger partial charge on any atom is 0.270 e. The fourth-order valence-corrected chi connectivity index (χ4v) is 2.68. The highest BCUT2D eigenvalue weighted by molar-refractivity contribution is 6.05. The van der Waals surface area contributed by atoms with Crippen LogP contribution in [0.15, 0.2) is 49.1 Å². The van der Waals surface area contributed by atoms with Crippen molar-refractivity contribution in [2.45, 2.75) is 18.9 Å². The Labute approximate surface area is 164 Å². The Morgan fingerprint density at radius 1 is 1.00 bits per heavy atom. The molecule has 0 unspecified atom stereocenters. The minimum Gasteiger partial charge on any atom is -0.348 e. The molecule has 1 aliphatic rings. The van der Waals surface area contributed by atoms with Gasteiger partial charge in [0.1, 0.15) is 5.69 Å². The fraction of sp³-hybridized carbons (Fsp3) is 0.150. The second-order valence-electron chi connectivity index (χ2n) is 6.56. The Kier molecular flexibility index (Phi) is 4.94. The lowest BCUT2D eigenvalue weighted by molar-refractivity contribution is 0.0946. The predicted molar refractivity (Wildman–Crippen MR) is 100 cm³/mol. The highest BCUT2D eigenvalue weighted by Gasteiger charge is 2.24. The van der Waals surface area contributed by atoms with Gasteiger partial charge in [-0.3, -0.25) is 19.6 Å². The molecule has 0 atom stereocenters. The van der Waals surface area contributed by atoms with Gasteiger partial charge in [0.15, 0.2) is 5.82 Å². The average Bonchev–Trinajstić information content (AvgIpc) is 3.54. The Morgan fingerprint density at radius 2 is 1.79 bits per heavy atom. The number of carbonyl (C=O) groups is 2. The van der Waals surface area contributed by atoms with Crippen molar-refractivity contribution >= 4 is 17.5 Å². The molecule has 9 heteroatoms. The number of hydrogen-bond acceptors (Lipinski definition) is 5. The van der Waals surface area contributed by atoms with Crippen LogP contribution in [0.1, 0.15) is 33.7 Å². The molecule has 3 aromatic heterocycles. The van der Waals surface area contributed by atoms with Crippen molar-refractivity contribution in [1.82, 2.24) is 20.3 Å². The third kappa shape index (κ3) is 4.23. The molecule has 3 heterocycles. The second-order valence-corrected chi connectivity index (χ2v) is 6.56. The summed E-state index contributed by atoms with van der Waals surface area (Å²) in [6.07, 6.45) is 7.12. The fourth-order valence-electron chi connectivity index (χ4n) is 2.68. The van der Waals surface area contributed by atoms with Crippen molar-refractivity contribution in [2.75, 3.05) is 5.32 Å². The van der Waals surface area contributed by atoms with Gasteiger partial charge in [0.05, 0.1) is 11.9 Å². The first-order valence-corrected chi connectivity index (χ1v) is 8.85. The molecule has 0 spiro atoms. The van der Waals surface area contributed by atoms with Crippen LogP contribution in [0.2, 0.25) is 0 Å². The van der Waals surface area contributed by atoms with Crippen LogP contribution in [-0.2, 0) is 0 Å². The first-order chi connectivity index (χ1) is 14.0. The summed E-state index contributed by atoms with van der Waals surface area (Å²) in [5.74, 6) is -3.14. The summed E-state index contributed by atoms with van der Waals surface area (Å²) >= 11 is 0. The van der Waals surface area contributed by atoms with E-state index in [1.165, 1.54) is 42.9 Å². The Morgan fingerprint density at radius 3 is 2.59 bits per heavy atom. The third-order valence-corrected chi connectivity index (χ3v) is 4.32. The van der Waals surface area contributed by atoms with Gasteiger partial charge < -0.3 is 10.6 Å². The molecule has 0 aromatic carbocycles. The van der Waals surface area contributed by atoms with E-state index in [-0.39, 0.29) is 40.0 Å². The van der Waals surface area contributed by atoms with E-state index < -0.39 is 17.7 Å². The smallest absolute Gasteiger partial charge is 0.270 e. The Hall–Kier alpha value is -3.75. The van der Waals surface area contributed by atoms with Gasteiger partial charge in [0.2, 0.25) is 5.95 Å². The van der Waals surface area contributed by atoms with Crippen molar-refractivity contribution in [1.29, 1.82) is 0 Å². The van der Waals surface area contributed by atoms with Crippen LogP contribution in [0, 0.1) is 11.8 Å². The van der Waals surface area contributed by atoms with E-state index in [9.17, 15) is 18.4 Å². The lowest BCUT2D eigenvalue weighted by atomic mass is 10.1. The van der Waals surface area contributed by atoms with E-state index in [1.54, 1.807) is 0 Å². The van der Waals surface area contributed by atoms with Crippen LogP contribution in [0.25, 0.3) is 11.1 Å². The summed E-state index contributed by atoms with van der Waals surface area (Å²) in [6.45, 7) is 0. The number of hydrogen-bond donors (Lipinski definition) is 2. The molecule has 1 saturated carbocycles. The first-order valence-electron chi connectivity index (χ1n) is 8.85. The lowest BCUT2D eigenvalue weighted by Gasteiger charge is -2.09. The van der Waals surface area contributed by atoms with Crippen molar-refractivity contribution < 1.29 is 18.4 Å². The number of carbonyl (C=O) groups excluding carboxylic acids is 2. The average molecular weight is 395 g/mol.